The topological polar surface area (TPSA) is 55.5 Å². The van der Waals surface area contributed by atoms with E-state index >= 15 is 0 Å². The first kappa shape index (κ1) is 12.9. The summed E-state index contributed by atoms with van der Waals surface area (Å²) in [5.74, 6) is 0.257. The molecule has 3 nitrogen and oxygen atoms in total. The molecule has 0 aliphatic rings. The summed E-state index contributed by atoms with van der Waals surface area (Å²) < 4.78 is 18.5. The van der Waals surface area contributed by atoms with Gasteiger partial charge in [-0.05, 0) is 32.0 Å². The van der Waals surface area contributed by atoms with E-state index in [9.17, 15) is 4.39 Å². The van der Waals surface area contributed by atoms with Gasteiger partial charge in [-0.3, -0.25) is 0 Å². The maximum absolute atomic E-state index is 13.0. The van der Waals surface area contributed by atoms with E-state index in [1.165, 1.54) is 12.1 Å². The van der Waals surface area contributed by atoms with Gasteiger partial charge in [-0.15, -0.1) is 0 Å². The van der Waals surface area contributed by atoms with Crippen molar-refractivity contribution in [1.82, 2.24) is 0 Å². The maximum Gasteiger partial charge on any atom is 0.124 e. The first-order chi connectivity index (χ1) is 7.50. The molecule has 0 aliphatic heterocycles. The highest BCUT2D eigenvalue weighted by atomic mass is 19.1. The van der Waals surface area contributed by atoms with Gasteiger partial charge in [0.2, 0.25) is 0 Å². The van der Waals surface area contributed by atoms with Crippen molar-refractivity contribution in [3.63, 3.8) is 0 Å². The molecule has 0 heterocycles. The summed E-state index contributed by atoms with van der Waals surface area (Å²) in [7, 11) is 0. The Kier molecular flexibility index (Phi) is 4.71. The predicted molar refractivity (Wildman–Crippen MR) is 60.8 cm³/mol. The van der Waals surface area contributed by atoms with Crippen LogP contribution in [0.15, 0.2) is 18.2 Å². The van der Waals surface area contributed by atoms with Gasteiger partial charge in [0.15, 0.2) is 0 Å². The summed E-state index contributed by atoms with van der Waals surface area (Å²) in [5.41, 5.74) is 6.36. The summed E-state index contributed by atoms with van der Waals surface area (Å²) in [4.78, 5) is 0. The fourth-order valence-corrected chi connectivity index (χ4v) is 1.35. The molecule has 0 bridgehead atoms. The molecule has 0 aromatic heterocycles. The quantitative estimate of drug-likeness (QED) is 0.808. The maximum atomic E-state index is 13.0. The van der Waals surface area contributed by atoms with E-state index in [4.69, 9.17) is 15.6 Å². The SMILES string of the molecule is CC(O)CCOc1ccc(F)cc1[C@@H](C)N. The Labute approximate surface area is 95.0 Å². The number of rotatable bonds is 5. The number of halogens is 1. The molecule has 1 aromatic rings. The molecule has 90 valence electrons. The van der Waals surface area contributed by atoms with Crippen molar-refractivity contribution in [3.05, 3.63) is 29.6 Å². The summed E-state index contributed by atoms with van der Waals surface area (Å²) in [6.07, 6.45) is 0.134. The van der Waals surface area contributed by atoms with Gasteiger partial charge in [0.25, 0.3) is 0 Å². The molecule has 16 heavy (non-hydrogen) atoms. The lowest BCUT2D eigenvalue weighted by atomic mass is 10.1. The van der Waals surface area contributed by atoms with Crippen LogP contribution in [-0.2, 0) is 0 Å². The van der Waals surface area contributed by atoms with Gasteiger partial charge in [-0.1, -0.05) is 0 Å². The largest absolute Gasteiger partial charge is 0.493 e. The van der Waals surface area contributed by atoms with Crippen LogP contribution in [0.3, 0.4) is 0 Å². The van der Waals surface area contributed by atoms with Crippen molar-refractivity contribution < 1.29 is 14.2 Å². The number of benzene rings is 1. The van der Waals surface area contributed by atoms with Gasteiger partial charge in [0.05, 0.1) is 12.7 Å². The van der Waals surface area contributed by atoms with Crippen molar-refractivity contribution in [2.75, 3.05) is 6.61 Å². The van der Waals surface area contributed by atoms with Crippen LogP contribution in [0.25, 0.3) is 0 Å². The molecular weight excluding hydrogens is 209 g/mol. The van der Waals surface area contributed by atoms with Crippen LogP contribution in [0.1, 0.15) is 31.9 Å². The molecular formula is C12H18FNO2. The minimum Gasteiger partial charge on any atom is -0.493 e. The number of nitrogens with two attached hydrogens (primary N) is 1. The van der Waals surface area contributed by atoms with Crippen LogP contribution in [-0.4, -0.2) is 17.8 Å². The first-order valence-corrected chi connectivity index (χ1v) is 5.36. The smallest absolute Gasteiger partial charge is 0.124 e. The molecule has 0 spiro atoms. The number of hydrogen-bond donors (Lipinski definition) is 2. The lowest BCUT2D eigenvalue weighted by Gasteiger charge is -2.14. The Morgan fingerprint density at radius 2 is 2.12 bits per heavy atom. The fraction of sp³-hybridized carbons (Fsp3) is 0.500. The van der Waals surface area contributed by atoms with E-state index < -0.39 is 6.10 Å². The monoisotopic (exact) mass is 227 g/mol. The minimum absolute atomic E-state index is 0.280. The highest BCUT2D eigenvalue weighted by molar-refractivity contribution is 5.36. The summed E-state index contributed by atoms with van der Waals surface area (Å²) in [5, 5.41) is 9.09. The molecule has 1 unspecified atom stereocenters. The molecule has 1 rings (SSSR count). The molecule has 1 aromatic carbocycles. The van der Waals surface area contributed by atoms with Crippen LogP contribution >= 0.6 is 0 Å². The molecule has 0 fully saturated rings. The van der Waals surface area contributed by atoms with E-state index in [0.29, 0.717) is 24.3 Å². The Bertz CT molecular complexity index is 340. The van der Waals surface area contributed by atoms with E-state index in [2.05, 4.69) is 0 Å². The lowest BCUT2D eigenvalue weighted by Crippen LogP contribution is -2.11. The Morgan fingerprint density at radius 3 is 2.69 bits per heavy atom. The highest BCUT2D eigenvalue weighted by Gasteiger charge is 2.09. The van der Waals surface area contributed by atoms with E-state index in [-0.39, 0.29) is 11.9 Å². The van der Waals surface area contributed by atoms with Gasteiger partial charge in [-0.25, -0.2) is 4.39 Å². The summed E-state index contributed by atoms with van der Waals surface area (Å²) >= 11 is 0. The normalized spacial score (nSPS) is 14.6. The third kappa shape index (κ3) is 3.79. The number of aliphatic hydroxyl groups excluding tert-OH is 1. The Morgan fingerprint density at radius 1 is 1.44 bits per heavy atom. The van der Waals surface area contributed by atoms with Crippen molar-refractivity contribution in [2.24, 2.45) is 5.73 Å². The zero-order valence-electron chi connectivity index (χ0n) is 9.61. The second-order valence-corrected chi connectivity index (χ2v) is 3.96. The summed E-state index contributed by atoms with van der Waals surface area (Å²) in [6, 6.07) is 4.00. The second kappa shape index (κ2) is 5.82. The molecule has 3 N–H and O–H groups in total. The summed E-state index contributed by atoms with van der Waals surface area (Å²) in [6.45, 7) is 3.86. The minimum atomic E-state index is -0.404. The van der Waals surface area contributed by atoms with Crippen LogP contribution in [0.2, 0.25) is 0 Å². The molecule has 0 saturated heterocycles. The van der Waals surface area contributed by atoms with Gasteiger partial charge in [0, 0.05) is 18.0 Å². The van der Waals surface area contributed by atoms with Crippen LogP contribution in [0, 0.1) is 5.82 Å². The number of hydrogen-bond acceptors (Lipinski definition) is 3. The van der Waals surface area contributed by atoms with E-state index in [1.54, 1.807) is 19.9 Å². The van der Waals surface area contributed by atoms with Gasteiger partial charge in [-0.2, -0.15) is 0 Å². The standard InChI is InChI=1S/C12H18FNO2/c1-8(15)5-6-16-12-4-3-10(13)7-11(12)9(2)14/h3-4,7-9,15H,5-6,14H2,1-2H3/t8?,9-/m1/s1. The number of aliphatic hydroxyl groups is 1. The highest BCUT2D eigenvalue weighted by Crippen LogP contribution is 2.24. The fourth-order valence-electron chi connectivity index (χ4n) is 1.35. The van der Waals surface area contributed by atoms with Crippen molar-refractivity contribution in [1.29, 1.82) is 0 Å². The van der Waals surface area contributed by atoms with Crippen molar-refractivity contribution >= 4 is 0 Å². The van der Waals surface area contributed by atoms with Gasteiger partial charge in [0.1, 0.15) is 11.6 Å². The third-order valence-electron chi connectivity index (χ3n) is 2.26. The Hall–Kier alpha value is -1.13. The first-order valence-electron chi connectivity index (χ1n) is 5.36. The zero-order valence-corrected chi connectivity index (χ0v) is 9.61. The molecule has 0 radical (unpaired) electrons. The second-order valence-electron chi connectivity index (χ2n) is 3.96. The zero-order chi connectivity index (χ0) is 12.1. The van der Waals surface area contributed by atoms with Crippen LogP contribution < -0.4 is 10.5 Å². The van der Waals surface area contributed by atoms with Crippen molar-refractivity contribution in [3.8, 4) is 5.75 Å². The van der Waals surface area contributed by atoms with Gasteiger partial charge < -0.3 is 15.6 Å². The average Bonchev–Trinajstić information content (AvgIpc) is 2.19. The molecule has 4 heteroatoms. The van der Waals surface area contributed by atoms with E-state index in [0.717, 1.165) is 0 Å². The molecule has 0 aliphatic carbocycles. The Balaban J connectivity index is 2.71. The third-order valence-corrected chi connectivity index (χ3v) is 2.26. The predicted octanol–water partition coefficient (Wildman–Crippen LogP) is 2.00. The molecule has 0 saturated carbocycles. The average molecular weight is 227 g/mol. The lowest BCUT2D eigenvalue weighted by molar-refractivity contribution is 0.155. The van der Waals surface area contributed by atoms with Crippen LogP contribution in [0.4, 0.5) is 4.39 Å². The van der Waals surface area contributed by atoms with Crippen LogP contribution in [0.5, 0.6) is 5.75 Å². The van der Waals surface area contributed by atoms with E-state index in [1.807, 2.05) is 0 Å². The van der Waals surface area contributed by atoms with Crippen molar-refractivity contribution in [2.45, 2.75) is 32.4 Å². The molecule has 0 amide bonds. The van der Waals surface area contributed by atoms with Gasteiger partial charge >= 0.3 is 0 Å². The number of ether oxygens (including phenoxy) is 1. The molecule has 2 atom stereocenters.